The third-order valence-electron chi connectivity index (χ3n) is 3.76. The Labute approximate surface area is 95.4 Å². The first-order valence-corrected chi connectivity index (χ1v) is 5.84. The zero-order chi connectivity index (χ0) is 11.0. The Morgan fingerprint density at radius 2 is 2.12 bits per heavy atom. The number of carbonyl (C=O) groups is 1. The number of hydrogen-bond acceptors (Lipinski definition) is 1. The molecule has 16 heavy (non-hydrogen) atoms. The van der Waals surface area contributed by atoms with Crippen LogP contribution >= 0.6 is 0 Å². The van der Waals surface area contributed by atoms with Gasteiger partial charge in [0.25, 0.3) is 0 Å². The highest BCUT2D eigenvalue weighted by Gasteiger charge is 2.46. The zero-order valence-electron chi connectivity index (χ0n) is 9.15. The highest BCUT2D eigenvalue weighted by molar-refractivity contribution is 5.97. The Morgan fingerprint density at radius 1 is 1.31 bits per heavy atom. The zero-order valence-corrected chi connectivity index (χ0v) is 9.15. The van der Waals surface area contributed by atoms with E-state index < -0.39 is 0 Å². The molecule has 82 valence electrons. The van der Waals surface area contributed by atoms with Gasteiger partial charge in [-0.1, -0.05) is 30.4 Å². The Morgan fingerprint density at radius 3 is 2.69 bits per heavy atom. The van der Waals surface area contributed by atoms with Gasteiger partial charge in [-0.05, 0) is 37.3 Å². The van der Waals surface area contributed by atoms with Gasteiger partial charge in [-0.15, -0.1) is 0 Å². The number of nitrogens with one attached hydrogen (secondary N) is 1. The van der Waals surface area contributed by atoms with Crippen molar-refractivity contribution in [3.63, 3.8) is 0 Å². The smallest absolute Gasteiger partial charge is 0.234 e. The molecule has 1 fully saturated rings. The van der Waals surface area contributed by atoms with E-state index in [4.69, 9.17) is 0 Å². The normalized spacial score (nSPS) is 30.6. The second-order valence-electron chi connectivity index (χ2n) is 4.84. The Bertz CT molecular complexity index is 437. The van der Waals surface area contributed by atoms with Gasteiger partial charge in [0.2, 0.25) is 5.91 Å². The summed E-state index contributed by atoms with van der Waals surface area (Å²) >= 11 is 0. The van der Waals surface area contributed by atoms with Gasteiger partial charge in [0, 0.05) is 5.69 Å². The fraction of sp³-hybridized carbons (Fsp3) is 0.357. The van der Waals surface area contributed by atoms with Gasteiger partial charge in [0.05, 0.1) is 5.41 Å². The van der Waals surface area contributed by atoms with E-state index in [9.17, 15) is 4.79 Å². The lowest BCUT2D eigenvalue weighted by Crippen LogP contribution is -2.31. The summed E-state index contributed by atoms with van der Waals surface area (Å²) in [6, 6.07) is 9.69. The number of carbonyl (C=O) groups excluding carboxylic acids is 1. The van der Waals surface area contributed by atoms with Crippen molar-refractivity contribution in [1.29, 1.82) is 0 Å². The fourth-order valence-corrected chi connectivity index (χ4v) is 2.81. The molecule has 2 nitrogen and oxygen atoms in total. The molecule has 1 saturated carbocycles. The molecule has 2 atom stereocenters. The second-order valence-corrected chi connectivity index (χ2v) is 4.84. The number of allylic oxidation sites excluding steroid dienone is 1. The summed E-state index contributed by atoms with van der Waals surface area (Å²) in [7, 11) is 0. The molecule has 1 N–H and O–H groups in total. The molecule has 0 heterocycles. The molecule has 1 aromatic rings. The van der Waals surface area contributed by atoms with Crippen LogP contribution in [0.15, 0.2) is 42.5 Å². The van der Waals surface area contributed by atoms with Crippen molar-refractivity contribution in [2.45, 2.75) is 19.3 Å². The number of anilines is 1. The van der Waals surface area contributed by atoms with E-state index in [1.54, 1.807) is 0 Å². The molecule has 2 aliphatic rings. The third-order valence-corrected chi connectivity index (χ3v) is 3.76. The van der Waals surface area contributed by atoms with Crippen molar-refractivity contribution in [2.24, 2.45) is 11.3 Å². The lowest BCUT2D eigenvalue weighted by Gasteiger charge is -2.22. The van der Waals surface area contributed by atoms with Gasteiger partial charge in [0.1, 0.15) is 0 Å². The molecule has 0 spiro atoms. The van der Waals surface area contributed by atoms with Crippen LogP contribution in [0.1, 0.15) is 19.3 Å². The molecular formula is C14H15NO. The maximum Gasteiger partial charge on any atom is 0.234 e. The van der Waals surface area contributed by atoms with Crippen molar-refractivity contribution in [3.8, 4) is 0 Å². The van der Waals surface area contributed by atoms with E-state index >= 15 is 0 Å². The maximum atomic E-state index is 12.2. The first-order chi connectivity index (χ1) is 7.78. The lowest BCUT2D eigenvalue weighted by molar-refractivity contribution is -0.122. The lowest BCUT2D eigenvalue weighted by atomic mass is 9.87. The van der Waals surface area contributed by atoms with Crippen molar-refractivity contribution >= 4 is 11.6 Å². The minimum atomic E-state index is -0.208. The van der Waals surface area contributed by atoms with Gasteiger partial charge in [0.15, 0.2) is 0 Å². The van der Waals surface area contributed by atoms with E-state index in [1.165, 1.54) is 6.42 Å². The van der Waals surface area contributed by atoms with Crippen molar-refractivity contribution in [1.82, 2.24) is 0 Å². The summed E-state index contributed by atoms with van der Waals surface area (Å²) in [5.74, 6) is 0.802. The maximum absolute atomic E-state index is 12.2. The first-order valence-electron chi connectivity index (χ1n) is 5.84. The van der Waals surface area contributed by atoms with E-state index in [0.29, 0.717) is 5.92 Å². The van der Waals surface area contributed by atoms with Crippen molar-refractivity contribution in [2.75, 3.05) is 5.32 Å². The summed E-state index contributed by atoms with van der Waals surface area (Å²) < 4.78 is 0. The van der Waals surface area contributed by atoms with E-state index in [0.717, 1.165) is 18.5 Å². The summed E-state index contributed by atoms with van der Waals surface area (Å²) in [4.78, 5) is 12.2. The predicted octanol–water partition coefficient (Wildman–Crippen LogP) is 2.98. The number of para-hydroxylation sites is 1. The molecule has 2 aliphatic carbocycles. The molecule has 2 unspecified atom stereocenters. The number of fused-ring (bicyclic) bond motifs is 2. The SMILES string of the molecule is O=C(Nc1ccccc1)C12C=CC(CC1)C2. The molecule has 3 rings (SSSR count). The van der Waals surface area contributed by atoms with Gasteiger partial charge in [-0.2, -0.15) is 0 Å². The van der Waals surface area contributed by atoms with Gasteiger partial charge in [-0.25, -0.2) is 0 Å². The van der Waals surface area contributed by atoms with Crippen LogP contribution in [0.25, 0.3) is 0 Å². The minimum Gasteiger partial charge on any atom is -0.325 e. The average molecular weight is 213 g/mol. The Kier molecular flexibility index (Phi) is 2.10. The third kappa shape index (κ3) is 1.45. The van der Waals surface area contributed by atoms with Crippen LogP contribution in [0.4, 0.5) is 5.69 Å². The number of hydrogen-bond donors (Lipinski definition) is 1. The quantitative estimate of drug-likeness (QED) is 0.752. The van der Waals surface area contributed by atoms with Crippen molar-refractivity contribution in [3.05, 3.63) is 42.5 Å². The Hall–Kier alpha value is -1.57. The van der Waals surface area contributed by atoms with E-state index in [1.807, 2.05) is 30.3 Å². The average Bonchev–Trinajstić information content (AvgIpc) is 2.91. The van der Waals surface area contributed by atoms with Crippen LogP contribution < -0.4 is 5.32 Å². The summed E-state index contributed by atoms with van der Waals surface area (Å²) in [6.07, 6.45) is 7.49. The predicted molar refractivity (Wildman–Crippen MR) is 64.0 cm³/mol. The largest absolute Gasteiger partial charge is 0.325 e. The molecule has 2 heteroatoms. The van der Waals surface area contributed by atoms with E-state index in [-0.39, 0.29) is 11.3 Å². The van der Waals surface area contributed by atoms with E-state index in [2.05, 4.69) is 17.5 Å². The molecule has 2 bridgehead atoms. The fourth-order valence-electron chi connectivity index (χ4n) is 2.81. The molecule has 1 aromatic carbocycles. The minimum absolute atomic E-state index is 0.162. The summed E-state index contributed by atoms with van der Waals surface area (Å²) in [5, 5.41) is 3.01. The second kappa shape index (κ2) is 3.48. The first kappa shape index (κ1) is 9.64. The summed E-state index contributed by atoms with van der Waals surface area (Å²) in [5.41, 5.74) is 0.686. The number of amides is 1. The van der Waals surface area contributed by atoms with Gasteiger partial charge in [-0.3, -0.25) is 4.79 Å². The number of benzene rings is 1. The van der Waals surface area contributed by atoms with Gasteiger partial charge < -0.3 is 5.32 Å². The molecule has 0 radical (unpaired) electrons. The Balaban J connectivity index is 1.77. The monoisotopic (exact) mass is 213 g/mol. The standard InChI is InChI=1S/C14H15NO/c16-13(15-12-4-2-1-3-5-12)14-8-6-11(10-14)7-9-14/h1-6,8,11H,7,9-10H2,(H,15,16). The van der Waals surface area contributed by atoms with Crippen LogP contribution in [0.2, 0.25) is 0 Å². The van der Waals surface area contributed by atoms with Crippen LogP contribution in [0.5, 0.6) is 0 Å². The molecule has 0 saturated heterocycles. The topological polar surface area (TPSA) is 29.1 Å². The van der Waals surface area contributed by atoms with Crippen LogP contribution in [0, 0.1) is 11.3 Å². The molecule has 1 amide bonds. The molecule has 0 aromatic heterocycles. The molecule has 0 aliphatic heterocycles. The molecular weight excluding hydrogens is 198 g/mol. The van der Waals surface area contributed by atoms with Crippen LogP contribution in [0.3, 0.4) is 0 Å². The highest BCUT2D eigenvalue weighted by atomic mass is 16.2. The van der Waals surface area contributed by atoms with Crippen LogP contribution in [-0.2, 0) is 4.79 Å². The highest BCUT2D eigenvalue weighted by Crippen LogP contribution is 2.49. The van der Waals surface area contributed by atoms with Gasteiger partial charge >= 0.3 is 0 Å². The number of rotatable bonds is 2. The van der Waals surface area contributed by atoms with Crippen LogP contribution in [-0.4, -0.2) is 5.91 Å². The van der Waals surface area contributed by atoms with Crippen molar-refractivity contribution < 1.29 is 4.79 Å². The summed E-state index contributed by atoms with van der Waals surface area (Å²) in [6.45, 7) is 0.